The van der Waals surface area contributed by atoms with Crippen LogP contribution in [0.1, 0.15) is 23.9 Å². The highest BCUT2D eigenvalue weighted by Crippen LogP contribution is 2.16. The number of piperazine rings is 1. The van der Waals surface area contributed by atoms with Crippen LogP contribution in [0.15, 0.2) is 35.3 Å². The fourth-order valence-electron chi connectivity index (χ4n) is 3.95. The van der Waals surface area contributed by atoms with Crippen molar-refractivity contribution in [2.45, 2.75) is 27.3 Å². The van der Waals surface area contributed by atoms with Crippen molar-refractivity contribution in [2.75, 3.05) is 53.4 Å². The molecule has 1 unspecified atom stereocenters. The van der Waals surface area contributed by atoms with E-state index in [0.29, 0.717) is 12.5 Å². The van der Waals surface area contributed by atoms with Gasteiger partial charge in [0, 0.05) is 58.6 Å². The molecule has 1 aromatic carbocycles. The predicted molar refractivity (Wildman–Crippen MR) is 124 cm³/mol. The molecule has 0 aliphatic carbocycles. The smallest absolute Gasteiger partial charge is 0.191 e. The second-order valence-electron chi connectivity index (χ2n) is 8.48. The van der Waals surface area contributed by atoms with Gasteiger partial charge in [0.2, 0.25) is 0 Å². The number of likely N-dealkylation sites (N-methyl/N-ethyl adjacent to an activating group) is 1. The van der Waals surface area contributed by atoms with Gasteiger partial charge in [0.05, 0.1) is 11.4 Å². The van der Waals surface area contributed by atoms with Gasteiger partial charge in [-0.25, -0.2) is 4.68 Å². The summed E-state index contributed by atoms with van der Waals surface area (Å²) in [6, 6.07) is 10.5. The van der Waals surface area contributed by atoms with Crippen molar-refractivity contribution in [1.82, 2.24) is 30.2 Å². The van der Waals surface area contributed by atoms with Crippen molar-refractivity contribution < 1.29 is 0 Å². The van der Waals surface area contributed by atoms with Gasteiger partial charge in [-0.2, -0.15) is 5.10 Å². The van der Waals surface area contributed by atoms with E-state index in [0.717, 1.165) is 62.3 Å². The number of hydrogen-bond donors (Lipinski definition) is 2. The fraction of sp³-hybridized carbons (Fsp3) is 0.565. The molecule has 3 rings (SSSR count). The molecule has 1 atom stereocenters. The molecule has 1 aromatic heterocycles. The molecule has 1 saturated heterocycles. The molecular formula is C23H37N7. The van der Waals surface area contributed by atoms with E-state index in [-0.39, 0.29) is 0 Å². The number of guanidine groups is 1. The van der Waals surface area contributed by atoms with E-state index in [2.05, 4.69) is 81.8 Å². The average Bonchev–Trinajstić information content (AvgIpc) is 3.08. The Morgan fingerprint density at radius 3 is 2.53 bits per heavy atom. The second kappa shape index (κ2) is 10.6. The van der Waals surface area contributed by atoms with Crippen LogP contribution in [0.5, 0.6) is 0 Å². The number of nitrogens with zero attached hydrogens (tertiary/aromatic N) is 5. The van der Waals surface area contributed by atoms with E-state index in [9.17, 15) is 0 Å². The number of rotatable bonds is 7. The predicted octanol–water partition coefficient (Wildman–Crippen LogP) is 2.04. The van der Waals surface area contributed by atoms with E-state index < -0.39 is 0 Å². The molecule has 0 bridgehead atoms. The van der Waals surface area contributed by atoms with Gasteiger partial charge in [0.25, 0.3) is 0 Å². The van der Waals surface area contributed by atoms with E-state index in [1.165, 1.54) is 5.56 Å². The van der Waals surface area contributed by atoms with E-state index in [1.54, 1.807) is 0 Å². The molecule has 7 nitrogen and oxygen atoms in total. The molecule has 1 fully saturated rings. The van der Waals surface area contributed by atoms with Crippen molar-refractivity contribution >= 4 is 5.96 Å². The Labute approximate surface area is 181 Å². The largest absolute Gasteiger partial charge is 0.356 e. The van der Waals surface area contributed by atoms with E-state index in [1.807, 2.05) is 18.7 Å². The van der Waals surface area contributed by atoms with Gasteiger partial charge in [0.1, 0.15) is 0 Å². The first-order chi connectivity index (χ1) is 14.5. The summed E-state index contributed by atoms with van der Waals surface area (Å²) in [5, 5.41) is 11.6. The maximum Gasteiger partial charge on any atom is 0.191 e. The quantitative estimate of drug-likeness (QED) is 0.539. The van der Waals surface area contributed by atoms with Gasteiger partial charge < -0.3 is 20.4 Å². The molecule has 0 saturated carbocycles. The molecule has 0 spiro atoms. The van der Waals surface area contributed by atoms with Gasteiger partial charge >= 0.3 is 0 Å². The first-order valence-electron chi connectivity index (χ1n) is 10.9. The molecular weight excluding hydrogens is 374 g/mol. The number of aromatic nitrogens is 2. The second-order valence-corrected chi connectivity index (χ2v) is 8.48. The highest BCUT2D eigenvalue weighted by molar-refractivity contribution is 5.79. The third-order valence-corrected chi connectivity index (χ3v) is 5.68. The Morgan fingerprint density at radius 1 is 1.13 bits per heavy atom. The summed E-state index contributed by atoms with van der Waals surface area (Å²) in [5.41, 5.74) is 4.47. The Morgan fingerprint density at radius 2 is 1.87 bits per heavy atom. The van der Waals surface area contributed by atoms with E-state index in [4.69, 9.17) is 0 Å². The first-order valence-corrected chi connectivity index (χ1v) is 10.9. The van der Waals surface area contributed by atoms with Crippen LogP contribution in [-0.4, -0.2) is 78.9 Å². The van der Waals surface area contributed by atoms with E-state index >= 15 is 0 Å². The third-order valence-electron chi connectivity index (χ3n) is 5.68. The maximum atomic E-state index is 4.64. The lowest BCUT2D eigenvalue weighted by Crippen LogP contribution is -2.47. The fourth-order valence-corrected chi connectivity index (χ4v) is 3.95. The summed E-state index contributed by atoms with van der Waals surface area (Å²) in [4.78, 5) is 9.37. The summed E-state index contributed by atoms with van der Waals surface area (Å²) in [6.07, 6.45) is 0. The zero-order valence-electron chi connectivity index (χ0n) is 19.1. The van der Waals surface area contributed by atoms with Crippen LogP contribution in [-0.2, 0) is 6.54 Å². The van der Waals surface area contributed by atoms with Crippen molar-refractivity contribution in [1.29, 1.82) is 0 Å². The summed E-state index contributed by atoms with van der Waals surface area (Å²) in [6.45, 7) is 13.8. The molecule has 7 heteroatoms. The van der Waals surface area contributed by atoms with Crippen LogP contribution in [0.3, 0.4) is 0 Å². The SMILES string of the molecule is CN=C(NCc1ccccc1-n1nc(C)cc1C)NCC(C)CN1CCN(C)CC1. The maximum absolute atomic E-state index is 4.64. The summed E-state index contributed by atoms with van der Waals surface area (Å²) in [5.74, 6) is 1.40. The monoisotopic (exact) mass is 411 g/mol. The lowest BCUT2D eigenvalue weighted by Gasteiger charge is -2.34. The number of aryl methyl sites for hydroxylation is 2. The minimum atomic E-state index is 0.564. The highest BCUT2D eigenvalue weighted by atomic mass is 15.3. The highest BCUT2D eigenvalue weighted by Gasteiger charge is 2.16. The summed E-state index contributed by atoms with van der Waals surface area (Å²) >= 11 is 0. The van der Waals surface area contributed by atoms with Crippen molar-refractivity contribution in [3.63, 3.8) is 0 Å². The Bertz CT molecular complexity index is 834. The van der Waals surface area contributed by atoms with Crippen molar-refractivity contribution in [3.05, 3.63) is 47.3 Å². The van der Waals surface area contributed by atoms with Gasteiger partial charge in [-0.15, -0.1) is 0 Å². The normalized spacial score (nSPS) is 17.2. The Kier molecular flexibility index (Phi) is 7.87. The third kappa shape index (κ3) is 6.06. The molecule has 30 heavy (non-hydrogen) atoms. The topological polar surface area (TPSA) is 60.7 Å². The molecule has 2 N–H and O–H groups in total. The van der Waals surface area contributed by atoms with Crippen molar-refractivity contribution in [2.24, 2.45) is 10.9 Å². The number of benzene rings is 1. The van der Waals surface area contributed by atoms with Crippen LogP contribution in [0.2, 0.25) is 0 Å². The van der Waals surface area contributed by atoms with Gasteiger partial charge in [-0.05, 0) is 44.5 Å². The lowest BCUT2D eigenvalue weighted by atomic mass is 10.1. The molecule has 2 aromatic rings. The Hall–Kier alpha value is -2.38. The minimum absolute atomic E-state index is 0.564. The molecule has 164 valence electrons. The van der Waals surface area contributed by atoms with Crippen LogP contribution < -0.4 is 10.6 Å². The Balaban J connectivity index is 1.52. The number of aliphatic imine (C=N–C) groups is 1. The summed E-state index contributed by atoms with van der Waals surface area (Å²) < 4.78 is 2.01. The minimum Gasteiger partial charge on any atom is -0.356 e. The number of para-hydroxylation sites is 1. The standard InChI is InChI=1S/C23H37N7/c1-18(17-29-12-10-28(5)11-13-29)15-25-23(24-4)26-16-21-8-6-7-9-22(21)30-20(3)14-19(2)27-30/h6-9,14,18H,10-13,15-17H2,1-5H3,(H2,24,25,26). The molecule has 0 amide bonds. The zero-order chi connectivity index (χ0) is 21.5. The first kappa shape index (κ1) is 22.3. The lowest BCUT2D eigenvalue weighted by molar-refractivity contribution is 0.139. The van der Waals surface area contributed by atoms with Crippen LogP contribution >= 0.6 is 0 Å². The number of hydrogen-bond acceptors (Lipinski definition) is 4. The number of nitrogens with one attached hydrogen (secondary N) is 2. The summed E-state index contributed by atoms with van der Waals surface area (Å²) in [7, 11) is 4.03. The average molecular weight is 412 g/mol. The van der Waals surface area contributed by atoms with Gasteiger partial charge in [-0.3, -0.25) is 4.99 Å². The van der Waals surface area contributed by atoms with Gasteiger partial charge in [-0.1, -0.05) is 25.1 Å². The molecule has 2 heterocycles. The van der Waals surface area contributed by atoms with Crippen LogP contribution in [0.4, 0.5) is 0 Å². The van der Waals surface area contributed by atoms with Crippen LogP contribution in [0.25, 0.3) is 5.69 Å². The van der Waals surface area contributed by atoms with Gasteiger partial charge in [0.15, 0.2) is 5.96 Å². The van der Waals surface area contributed by atoms with Crippen LogP contribution in [0, 0.1) is 19.8 Å². The zero-order valence-corrected chi connectivity index (χ0v) is 19.1. The molecule has 1 aliphatic rings. The molecule has 1 aliphatic heterocycles. The molecule has 0 radical (unpaired) electrons. The van der Waals surface area contributed by atoms with Crippen molar-refractivity contribution in [3.8, 4) is 5.69 Å².